The second-order valence-corrected chi connectivity index (χ2v) is 6.08. The molecule has 4 heteroatoms. The summed E-state index contributed by atoms with van der Waals surface area (Å²) >= 11 is 6.14. The summed E-state index contributed by atoms with van der Waals surface area (Å²) in [5, 5.41) is 0.546. The standard InChI is InChI=1S/C16H19ClO3/c17-14-4-2-1-3-13(14)15(18)12-5-8-20-16(11-12)6-9-19-10-7-16/h1-4,12H,5-11H2. The highest BCUT2D eigenvalue weighted by Crippen LogP contribution is 2.38. The van der Waals surface area contributed by atoms with Crippen LogP contribution >= 0.6 is 11.6 Å². The average Bonchev–Trinajstić information content (AvgIpc) is 2.48. The molecule has 2 fully saturated rings. The van der Waals surface area contributed by atoms with Crippen molar-refractivity contribution in [2.45, 2.75) is 31.3 Å². The van der Waals surface area contributed by atoms with Gasteiger partial charge in [-0.05, 0) is 37.8 Å². The Bertz CT molecular complexity index is 489. The van der Waals surface area contributed by atoms with Gasteiger partial charge in [-0.3, -0.25) is 4.79 Å². The van der Waals surface area contributed by atoms with E-state index in [4.69, 9.17) is 21.1 Å². The van der Waals surface area contributed by atoms with Crippen LogP contribution in [0.1, 0.15) is 36.0 Å². The Morgan fingerprint density at radius 1 is 1.20 bits per heavy atom. The summed E-state index contributed by atoms with van der Waals surface area (Å²) in [6.45, 7) is 2.11. The molecule has 1 unspecified atom stereocenters. The number of hydrogen-bond acceptors (Lipinski definition) is 3. The van der Waals surface area contributed by atoms with E-state index in [1.165, 1.54) is 0 Å². The van der Waals surface area contributed by atoms with Crippen LogP contribution in [0, 0.1) is 5.92 Å². The van der Waals surface area contributed by atoms with Crippen molar-refractivity contribution in [2.75, 3.05) is 19.8 Å². The number of hydrogen-bond donors (Lipinski definition) is 0. The van der Waals surface area contributed by atoms with Gasteiger partial charge in [-0.2, -0.15) is 0 Å². The molecule has 0 saturated carbocycles. The Morgan fingerprint density at radius 2 is 1.95 bits per heavy atom. The van der Waals surface area contributed by atoms with Crippen molar-refractivity contribution in [1.82, 2.24) is 0 Å². The molecule has 1 aromatic carbocycles. The van der Waals surface area contributed by atoms with E-state index >= 15 is 0 Å². The van der Waals surface area contributed by atoms with E-state index in [0.29, 0.717) is 17.2 Å². The molecule has 2 aliphatic rings. The average molecular weight is 295 g/mol. The molecule has 3 rings (SSSR count). The second kappa shape index (κ2) is 5.84. The minimum atomic E-state index is -0.155. The van der Waals surface area contributed by atoms with Gasteiger partial charge in [0.05, 0.1) is 10.6 Å². The van der Waals surface area contributed by atoms with Gasteiger partial charge >= 0.3 is 0 Å². The lowest BCUT2D eigenvalue weighted by molar-refractivity contribution is -0.142. The summed E-state index contributed by atoms with van der Waals surface area (Å²) in [4.78, 5) is 12.7. The number of benzene rings is 1. The van der Waals surface area contributed by atoms with Crippen molar-refractivity contribution in [1.29, 1.82) is 0 Å². The maximum atomic E-state index is 12.7. The predicted molar refractivity (Wildman–Crippen MR) is 77.2 cm³/mol. The molecule has 1 atom stereocenters. The summed E-state index contributed by atoms with van der Waals surface area (Å²) < 4.78 is 11.4. The first-order valence-electron chi connectivity index (χ1n) is 7.21. The maximum absolute atomic E-state index is 12.7. The first kappa shape index (κ1) is 14.1. The first-order valence-corrected chi connectivity index (χ1v) is 7.58. The Kier molecular flexibility index (Phi) is 4.11. The summed E-state index contributed by atoms with van der Waals surface area (Å²) in [6.07, 6.45) is 3.35. The maximum Gasteiger partial charge on any atom is 0.167 e. The number of rotatable bonds is 2. The monoisotopic (exact) mass is 294 g/mol. The minimum Gasteiger partial charge on any atom is -0.381 e. The normalized spacial score (nSPS) is 25.6. The lowest BCUT2D eigenvalue weighted by atomic mass is 9.78. The molecule has 3 nitrogen and oxygen atoms in total. The highest BCUT2D eigenvalue weighted by atomic mass is 35.5. The van der Waals surface area contributed by atoms with Crippen molar-refractivity contribution in [3.8, 4) is 0 Å². The Balaban J connectivity index is 1.77. The van der Waals surface area contributed by atoms with Crippen molar-refractivity contribution in [3.05, 3.63) is 34.9 Å². The van der Waals surface area contributed by atoms with E-state index < -0.39 is 0 Å². The molecule has 1 aromatic rings. The van der Waals surface area contributed by atoms with Gasteiger partial charge in [0, 0.05) is 31.3 Å². The number of Topliss-reactive ketones (excluding diaryl/α,β-unsaturated/α-hetero) is 1. The molecular formula is C16H19ClO3. The third kappa shape index (κ3) is 2.76. The van der Waals surface area contributed by atoms with Gasteiger partial charge in [0.2, 0.25) is 0 Å². The fourth-order valence-electron chi connectivity index (χ4n) is 3.22. The minimum absolute atomic E-state index is 0.0155. The number of ketones is 1. The van der Waals surface area contributed by atoms with Crippen LogP contribution in [-0.4, -0.2) is 31.2 Å². The summed E-state index contributed by atoms with van der Waals surface area (Å²) in [6, 6.07) is 7.31. The lowest BCUT2D eigenvalue weighted by Gasteiger charge is -2.42. The molecular weight excluding hydrogens is 276 g/mol. The van der Waals surface area contributed by atoms with E-state index in [1.807, 2.05) is 18.2 Å². The topological polar surface area (TPSA) is 35.5 Å². The van der Waals surface area contributed by atoms with Crippen LogP contribution in [0.5, 0.6) is 0 Å². The Labute approximate surface area is 124 Å². The highest BCUT2D eigenvalue weighted by molar-refractivity contribution is 6.34. The van der Waals surface area contributed by atoms with Gasteiger partial charge in [-0.25, -0.2) is 0 Å². The number of ether oxygens (including phenoxy) is 2. The quantitative estimate of drug-likeness (QED) is 0.783. The van der Waals surface area contributed by atoms with Crippen LogP contribution in [-0.2, 0) is 9.47 Å². The van der Waals surface area contributed by atoms with Crippen LogP contribution in [0.25, 0.3) is 0 Å². The molecule has 0 aliphatic carbocycles. The summed E-state index contributed by atoms with van der Waals surface area (Å²) in [5.74, 6) is 0.173. The third-order valence-electron chi connectivity index (χ3n) is 4.41. The van der Waals surface area contributed by atoms with Gasteiger partial charge in [-0.15, -0.1) is 0 Å². The largest absolute Gasteiger partial charge is 0.381 e. The highest BCUT2D eigenvalue weighted by Gasteiger charge is 2.41. The Hall–Kier alpha value is -0.900. The molecule has 1 spiro atoms. The van der Waals surface area contributed by atoms with Crippen molar-refractivity contribution in [3.63, 3.8) is 0 Å². The second-order valence-electron chi connectivity index (χ2n) is 5.68. The van der Waals surface area contributed by atoms with E-state index in [2.05, 4.69) is 0 Å². The lowest BCUT2D eigenvalue weighted by Crippen LogP contribution is -2.45. The zero-order valence-electron chi connectivity index (χ0n) is 11.4. The zero-order valence-corrected chi connectivity index (χ0v) is 12.2. The molecule has 0 aromatic heterocycles. The molecule has 20 heavy (non-hydrogen) atoms. The van der Waals surface area contributed by atoms with Crippen LogP contribution in [0.15, 0.2) is 24.3 Å². The predicted octanol–water partition coefficient (Wildman–Crippen LogP) is 3.50. The van der Waals surface area contributed by atoms with Gasteiger partial charge in [0.1, 0.15) is 0 Å². The van der Waals surface area contributed by atoms with Gasteiger partial charge < -0.3 is 9.47 Å². The third-order valence-corrected chi connectivity index (χ3v) is 4.74. The summed E-state index contributed by atoms with van der Waals surface area (Å²) in [7, 11) is 0. The molecule has 2 heterocycles. The molecule has 0 bridgehead atoms. The number of carbonyl (C=O) groups excluding carboxylic acids is 1. The van der Waals surface area contributed by atoms with Crippen LogP contribution in [0.3, 0.4) is 0 Å². The molecule has 0 N–H and O–H groups in total. The van der Waals surface area contributed by atoms with E-state index in [1.54, 1.807) is 6.07 Å². The SMILES string of the molecule is O=C(c1ccccc1Cl)C1CCOC2(CCOCC2)C1. The molecule has 2 aliphatic heterocycles. The number of halogens is 1. The van der Waals surface area contributed by atoms with Crippen molar-refractivity contribution >= 4 is 17.4 Å². The van der Waals surface area contributed by atoms with Crippen LogP contribution in [0.4, 0.5) is 0 Å². The van der Waals surface area contributed by atoms with E-state index in [-0.39, 0.29) is 17.3 Å². The number of carbonyl (C=O) groups is 1. The van der Waals surface area contributed by atoms with Gasteiger partial charge in [0.25, 0.3) is 0 Å². The van der Waals surface area contributed by atoms with Crippen LogP contribution in [0.2, 0.25) is 5.02 Å². The zero-order chi connectivity index (χ0) is 14.0. The van der Waals surface area contributed by atoms with Gasteiger partial charge in [-0.1, -0.05) is 23.7 Å². The van der Waals surface area contributed by atoms with E-state index in [9.17, 15) is 4.79 Å². The molecule has 0 radical (unpaired) electrons. The fourth-order valence-corrected chi connectivity index (χ4v) is 3.45. The fraction of sp³-hybridized carbons (Fsp3) is 0.562. The first-order chi connectivity index (χ1) is 9.70. The van der Waals surface area contributed by atoms with Gasteiger partial charge in [0.15, 0.2) is 5.78 Å². The smallest absolute Gasteiger partial charge is 0.167 e. The summed E-state index contributed by atoms with van der Waals surface area (Å²) in [5.41, 5.74) is 0.487. The molecule has 108 valence electrons. The molecule has 2 saturated heterocycles. The van der Waals surface area contributed by atoms with E-state index in [0.717, 1.165) is 38.9 Å². The van der Waals surface area contributed by atoms with Crippen LogP contribution < -0.4 is 0 Å². The Morgan fingerprint density at radius 3 is 2.70 bits per heavy atom. The van der Waals surface area contributed by atoms with Crippen molar-refractivity contribution < 1.29 is 14.3 Å². The van der Waals surface area contributed by atoms with Crippen molar-refractivity contribution in [2.24, 2.45) is 5.92 Å². The molecule has 0 amide bonds.